The molecule has 0 saturated heterocycles. The molecule has 0 aliphatic rings. The van der Waals surface area contributed by atoms with Gasteiger partial charge in [0.15, 0.2) is 0 Å². The van der Waals surface area contributed by atoms with Crippen molar-refractivity contribution in [3.63, 3.8) is 0 Å². The van der Waals surface area contributed by atoms with E-state index in [1.807, 2.05) is 55.6 Å². The van der Waals surface area contributed by atoms with Gasteiger partial charge in [0.2, 0.25) is 0 Å². The van der Waals surface area contributed by atoms with Gasteiger partial charge in [0.25, 0.3) is 0 Å². The number of anilines is 1. The molecule has 2 aromatic rings. The summed E-state index contributed by atoms with van der Waals surface area (Å²) in [6.07, 6.45) is 1.99. The van der Waals surface area contributed by atoms with Gasteiger partial charge in [-0.25, -0.2) is 10.6 Å². The van der Waals surface area contributed by atoms with Gasteiger partial charge in [-0.05, 0) is 36.9 Å². The lowest BCUT2D eigenvalue weighted by Gasteiger charge is -2.18. The summed E-state index contributed by atoms with van der Waals surface area (Å²) >= 11 is 1.61. The van der Waals surface area contributed by atoms with Crippen LogP contribution in [0.3, 0.4) is 0 Å². The number of hydrogen-bond acceptors (Lipinski definition) is 5. The van der Waals surface area contributed by atoms with Crippen LogP contribution >= 0.6 is 11.8 Å². The van der Waals surface area contributed by atoms with E-state index in [0.29, 0.717) is 12.3 Å². The molecule has 2 rings (SSSR count). The first-order valence-corrected chi connectivity index (χ1v) is 8.39. The molecular formula is C17H24N4O2S. The molecule has 2 aromatic carbocycles. The second kappa shape index (κ2) is 9.17. The predicted octanol–water partition coefficient (Wildman–Crippen LogP) is 3.80. The van der Waals surface area contributed by atoms with E-state index in [4.69, 9.17) is 10.6 Å². The number of benzene rings is 2. The minimum Gasteiger partial charge on any atom is -0.489 e. The number of nitrogens with zero attached hydrogens (tertiary/aromatic N) is 1. The van der Waals surface area contributed by atoms with Gasteiger partial charge in [-0.15, -0.1) is 11.8 Å². The largest absolute Gasteiger partial charge is 0.489 e. The molecule has 0 bridgehead atoms. The fourth-order valence-electron chi connectivity index (χ4n) is 2.09. The molecule has 0 fully saturated rings. The van der Waals surface area contributed by atoms with Gasteiger partial charge in [-0.1, -0.05) is 24.3 Å². The Balaban J connectivity index is 0.00000288. The van der Waals surface area contributed by atoms with Crippen LogP contribution in [0.2, 0.25) is 0 Å². The van der Waals surface area contributed by atoms with Crippen molar-refractivity contribution in [2.24, 2.45) is 5.84 Å². The van der Waals surface area contributed by atoms with E-state index >= 15 is 0 Å². The Labute approximate surface area is 146 Å². The van der Waals surface area contributed by atoms with E-state index in [9.17, 15) is 4.79 Å². The number of nitrogens with two attached hydrogens (primary N) is 1. The average Bonchev–Trinajstić information content (AvgIpc) is 2.54. The summed E-state index contributed by atoms with van der Waals surface area (Å²) in [6, 6.07) is 13.2. The highest BCUT2D eigenvalue weighted by Crippen LogP contribution is 2.29. The minimum absolute atomic E-state index is 0. The number of hydrogen-bond donors (Lipinski definition) is 3. The van der Waals surface area contributed by atoms with Crippen molar-refractivity contribution >= 4 is 23.5 Å². The SMILES string of the molecule is CSc1cccc(NC(=O)N(C)N)c1COc1ccccc1C.N. The lowest BCUT2D eigenvalue weighted by Crippen LogP contribution is -2.37. The number of hydrazine groups is 1. The Morgan fingerprint density at radius 2 is 1.96 bits per heavy atom. The number of ether oxygens (including phenoxy) is 1. The zero-order valence-electron chi connectivity index (χ0n) is 14.2. The predicted molar refractivity (Wildman–Crippen MR) is 99.7 cm³/mol. The number of carbonyl (C=O) groups excluding carboxylic acids is 1. The van der Waals surface area contributed by atoms with Gasteiger partial charge in [0, 0.05) is 17.5 Å². The lowest BCUT2D eigenvalue weighted by molar-refractivity contribution is 0.223. The van der Waals surface area contributed by atoms with E-state index in [0.717, 1.165) is 26.8 Å². The van der Waals surface area contributed by atoms with Crippen LogP contribution in [0, 0.1) is 6.92 Å². The van der Waals surface area contributed by atoms with Crippen molar-refractivity contribution in [3.05, 3.63) is 53.6 Å². The maximum Gasteiger partial charge on any atom is 0.335 e. The molecule has 6 nitrogen and oxygen atoms in total. The summed E-state index contributed by atoms with van der Waals surface area (Å²) in [5.74, 6) is 6.30. The molecule has 0 atom stereocenters. The lowest BCUT2D eigenvalue weighted by atomic mass is 10.2. The Kier molecular flexibility index (Phi) is 7.57. The zero-order valence-corrected chi connectivity index (χ0v) is 15.0. The molecule has 0 aromatic heterocycles. The number of rotatable bonds is 5. The molecule has 0 heterocycles. The Morgan fingerprint density at radius 3 is 2.58 bits per heavy atom. The van der Waals surface area contributed by atoms with Crippen LogP contribution in [-0.4, -0.2) is 24.3 Å². The summed E-state index contributed by atoms with van der Waals surface area (Å²) in [4.78, 5) is 12.9. The van der Waals surface area contributed by atoms with Crippen molar-refractivity contribution in [2.45, 2.75) is 18.4 Å². The Morgan fingerprint density at radius 1 is 1.25 bits per heavy atom. The third kappa shape index (κ3) is 4.89. The first-order chi connectivity index (χ1) is 11.0. The zero-order chi connectivity index (χ0) is 16.8. The van der Waals surface area contributed by atoms with Crippen molar-refractivity contribution in [3.8, 4) is 5.75 Å². The van der Waals surface area contributed by atoms with E-state index in [2.05, 4.69) is 5.32 Å². The molecule has 0 aliphatic carbocycles. The standard InChI is InChI=1S/C17H21N3O2S.H3N/c1-12-7-4-5-9-15(12)22-11-13-14(19-17(21)20(2)18)8-6-10-16(13)23-3;/h4-10H,11,18H2,1-3H3,(H,19,21);1H3. The molecule has 0 radical (unpaired) electrons. The maximum absolute atomic E-state index is 11.8. The van der Waals surface area contributed by atoms with E-state index in [-0.39, 0.29) is 12.2 Å². The number of amides is 2. The van der Waals surface area contributed by atoms with Crippen LogP contribution in [0.1, 0.15) is 11.1 Å². The summed E-state index contributed by atoms with van der Waals surface area (Å²) < 4.78 is 5.94. The third-order valence-corrected chi connectivity index (χ3v) is 4.20. The fraction of sp³-hybridized carbons (Fsp3) is 0.235. The molecule has 7 heteroatoms. The number of para-hydroxylation sites is 1. The Bertz CT molecular complexity index is 692. The molecule has 0 unspecified atom stereocenters. The van der Waals surface area contributed by atoms with Crippen LogP contribution in [-0.2, 0) is 6.61 Å². The van der Waals surface area contributed by atoms with Gasteiger partial charge in [-0.2, -0.15) is 0 Å². The van der Waals surface area contributed by atoms with Gasteiger partial charge in [0.1, 0.15) is 12.4 Å². The first kappa shape index (κ1) is 19.8. The molecular weight excluding hydrogens is 324 g/mol. The fourth-order valence-corrected chi connectivity index (χ4v) is 2.72. The minimum atomic E-state index is -0.375. The van der Waals surface area contributed by atoms with Crippen LogP contribution in [0.4, 0.5) is 10.5 Å². The summed E-state index contributed by atoms with van der Waals surface area (Å²) in [6.45, 7) is 2.37. The van der Waals surface area contributed by atoms with Crippen LogP contribution in [0.25, 0.3) is 0 Å². The number of thioether (sulfide) groups is 1. The second-order valence-electron chi connectivity index (χ2n) is 5.08. The second-order valence-corrected chi connectivity index (χ2v) is 5.93. The van der Waals surface area contributed by atoms with Crippen LogP contribution < -0.4 is 22.0 Å². The van der Waals surface area contributed by atoms with Gasteiger partial charge in [-0.3, -0.25) is 5.01 Å². The van der Waals surface area contributed by atoms with E-state index in [1.54, 1.807) is 11.8 Å². The number of nitrogens with one attached hydrogen (secondary N) is 1. The van der Waals surface area contributed by atoms with E-state index in [1.165, 1.54) is 7.05 Å². The summed E-state index contributed by atoms with van der Waals surface area (Å²) in [7, 11) is 1.50. The highest BCUT2D eigenvalue weighted by Gasteiger charge is 2.13. The normalized spacial score (nSPS) is 9.83. The quantitative estimate of drug-likeness (QED) is 0.330. The topological polar surface area (TPSA) is 103 Å². The van der Waals surface area contributed by atoms with Gasteiger partial charge < -0.3 is 16.2 Å². The molecule has 2 amide bonds. The van der Waals surface area contributed by atoms with Crippen molar-refractivity contribution < 1.29 is 9.53 Å². The van der Waals surface area contributed by atoms with Crippen molar-refractivity contribution in [1.29, 1.82) is 0 Å². The summed E-state index contributed by atoms with van der Waals surface area (Å²) in [5.41, 5.74) is 2.70. The third-order valence-electron chi connectivity index (χ3n) is 3.38. The number of urea groups is 1. The first-order valence-electron chi connectivity index (χ1n) is 7.16. The van der Waals surface area contributed by atoms with E-state index < -0.39 is 0 Å². The van der Waals surface area contributed by atoms with Crippen LogP contribution in [0.15, 0.2) is 47.4 Å². The molecule has 0 saturated carbocycles. The molecule has 24 heavy (non-hydrogen) atoms. The highest BCUT2D eigenvalue weighted by molar-refractivity contribution is 7.98. The molecule has 0 spiro atoms. The Hall–Kier alpha value is -2.22. The van der Waals surface area contributed by atoms with Crippen LogP contribution in [0.5, 0.6) is 5.75 Å². The van der Waals surface area contributed by atoms with Gasteiger partial charge in [0.05, 0.1) is 5.69 Å². The smallest absolute Gasteiger partial charge is 0.335 e. The average molecular weight is 348 g/mol. The number of carbonyl (C=O) groups is 1. The highest BCUT2D eigenvalue weighted by atomic mass is 32.2. The summed E-state index contributed by atoms with van der Waals surface area (Å²) in [5, 5.41) is 3.82. The van der Waals surface area contributed by atoms with Gasteiger partial charge >= 0.3 is 6.03 Å². The van der Waals surface area contributed by atoms with Crippen molar-refractivity contribution in [2.75, 3.05) is 18.6 Å². The molecule has 130 valence electrons. The number of aryl methyl sites for hydroxylation is 1. The molecule has 6 N–H and O–H groups in total. The monoisotopic (exact) mass is 348 g/mol. The molecule has 0 aliphatic heterocycles. The van der Waals surface area contributed by atoms with Crippen molar-refractivity contribution in [1.82, 2.24) is 11.2 Å². The maximum atomic E-state index is 11.8.